The van der Waals surface area contributed by atoms with E-state index in [-0.39, 0.29) is 11.7 Å². The molecule has 7 heteroatoms. The SMILES string of the molecule is CN1C(=O)C2C(=NC=[N+]2Cc2ccc(F)cc2)N(C)C1=O. The van der Waals surface area contributed by atoms with Crippen molar-refractivity contribution in [3.8, 4) is 0 Å². The fraction of sp³-hybridized carbons (Fsp3) is 0.286. The lowest BCUT2D eigenvalue weighted by Crippen LogP contribution is -2.61. The Hall–Kier alpha value is -2.57. The summed E-state index contributed by atoms with van der Waals surface area (Å²) in [7, 11) is 3.04. The second kappa shape index (κ2) is 4.76. The topological polar surface area (TPSA) is 56.0 Å². The van der Waals surface area contributed by atoms with Gasteiger partial charge in [-0.3, -0.25) is 14.6 Å². The maximum Gasteiger partial charge on any atom is 0.333 e. The van der Waals surface area contributed by atoms with Gasteiger partial charge >= 0.3 is 6.03 Å². The number of nitrogens with zero attached hydrogens (tertiary/aromatic N) is 4. The maximum absolute atomic E-state index is 12.9. The molecule has 2 aliphatic rings. The van der Waals surface area contributed by atoms with Crippen molar-refractivity contribution in [2.45, 2.75) is 12.6 Å². The predicted molar refractivity (Wildman–Crippen MR) is 73.6 cm³/mol. The Kier molecular flexibility index (Phi) is 3.04. The van der Waals surface area contributed by atoms with Crippen molar-refractivity contribution >= 4 is 24.1 Å². The van der Waals surface area contributed by atoms with Crippen LogP contribution in [0, 0.1) is 5.82 Å². The number of urea groups is 1. The third-order valence-corrected chi connectivity index (χ3v) is 3.67. The van der Waals surface area contributed by atoms with Gasteiger partial charge in [0.15, 0.2) is 0 Å². The highest BCUT2D eigenvalue weighted by atomic mass is 19.1. The van der Waals surface area contributed by atoms with E-state index in [1.807, 2.05) is 0 Å². The molecule has 1 unspecified atom stereocenters. The van der Waals surface area contributed by atoms with Crippen LogP contribution in [0.15, 0.2) is 29.3 Å². The Balaban J connectivity index is 1.85. The summed E-state index contributed by atoms with van der Waals surface area (Å²) in [5, 5.41) is 0. The van der Waals surface area contributed by atoms with Gasteiger partial charge in [0.1, 0.15) is 12.4 Å². The number of imide groups is 1. The van der Waals surface area contributed by atoms with E-state index in [1.54, 1.807) is 30.1 Å². The summed E-state index contributed by atoms with van der Waals surface area (Å²) in [5.41, 5.74) is 0.860. The molecule has 0 saturated carbocycles. The molecular weight excluding hydrogens is 275 g/mol. The van der Waals surface area contributed by atoms with Gasteiger partial charge in [-0.2, -0.15) is 0 Å². The fourth-order valence-corrected chi connectivity index (χ4v) is 2.47. The molecule has 0 bridgehead atoms. The number of hydrogen-bond acceptors (Lipinski definition) is 3. The number of hydrogen-bond donors (Lipinski definition) is 0. The largest absolute Gasteiger partial charge is 0.333 e. The van der Waals surface area contributed by atoms with Gasteiger partial charge in [-0.25, -0.2) is 13.8 Å². The van der Waals surface area contributed by atoms with Crippen molar-refractivity contribution in [2.75, 3.05) is 14.1 Å². The molecule has 1 aromatic carbocycles. The van der Waals surface area contributed by atoms with Crippen LogP contribution in [0.4, 0.5) is 9.18 Å². The summed E-state index contributed by atoms with van der Waals surface area (Å²) in [5.74, 6) is -0.196. The van der Waals surface area contributed by atoms with E-state index >= 15 is 0 Å². The van der Waals surface area contributed by atoms with Gasteiger partial charge in [-0.15, -0.1) is 0 Å². The summed E-state index contributed by atoms with van der Waals surface area (Å²) in [6.45, 7) is 0.416. The Labute approximate surface area is 120 Å². The lowest BCUT2D eigenvalue weighted by molar-refractivity contribution is -0.546. The number of carbonyl (C=O) groups excluding carboxylic acids is 2. The molecular formula is C14H14FN4O2+. The van der Waals surface area contributed by atoms with Crippen LogP contribution < -0.4 is 0 Å². The van der Waals surface area contributed by atoms with Gasteiger partial charge in [0.2, 0.25) is 0 Å². The monoisotopic (exact) mass is 289 g/mol. The molecule has 0 aromatic heterocycles. The number of amides is 3. The molecule has 0 spiro atoms. The molecule has 2 aliphatic heterocycles. The lowest BCUT2D eigenvalue weighted by atomic mass is 10.1. The summed E-state index contributed by atoms with van der Waals surface area (Å²) in [4.78, 5) is 30.8. The molecule has 108 valence electrons. The minimum absolute atomic E-state index is 0.306. The molecule has 2 heterocycles. The van der Waals surface area contributed by atoms with E-state index < -0.39 is 12.1 Å². The zero-order valence-electron chi connectivity index (χ0n) is 11.7. The average molecular weight is 289 g/mol. The maximum atomic E-state index is 12.9. The zero-order valence-corrected chi connectivity index (χ0v) is 11.7. The highest BCUT2D eigenvalue weighted by Crippen LogP contribution is 2.18. The number of halogens is 1. The first-order valence-corrected chi connectivity index (χ1v) is 6.45. The molecule has 1 aromatic rings. The zero-order chi connectivity index (χ0) is 15.1. The molecule has 0 aliphatic carbocycles. The van der Waals surface area contributed by atoms with Crippen molar-refractivity contribution < 1.29 is 18.6 Å². The number of carbonyl (C=O) groups is 2. The third kappa shape index (κ3) is 2.10. The molecule has 3 amide bonds. The standard InChI is InChI=1S/C14H14FN4O2/c1-17-12-11(13(20)18(2)14(17)21)19(8-16-12)7-9-3-5-10(15)6-4-9/h3-6,8,11H,7H2,1-2H3/q+1. The second-order valence-corrected chi connectivity index (χ2v) is 5.04. The molecule has 21 heavy (non-hydrogen) atoms. The lowest BCUT2D eigenvalue weighted by Gasteiger charge is -2.30. The summed E-state index contributed by atoms with van der Waals surface area (Å²) in [6, 6.07) is 5.06. The van der Waals surface area contributed by atoms with Crippen LogP contribution in [-0.2, 0) is 11.3 Å². The van der Waals surface area contributed by atoms with Gasteiger partial charge in [0.25, 0.3) is 24.1 Å². The third-order valence-electron chi connectivity index (χ3n) is 3.67. The smallest absolute Gasteiger partial charge is 0.269 e. The average Bonchev–Trinajstić information content (AvgIpc) is 2.89. The fourth-order valence-electron chi connectivity index (χ4n) is 2.47. The van der Waals surface area contributed by atoms with Crippen molar-refractivity contribution in [3.05, 3.63) is 35.6 Å². The molecule has 1 fully saturated rings. The minimum atomic E-state index is -0.609. The van der Waals surface area contributed by atoms with Gasteiger partial charge in [0.05, 0.1) is 0 Å². The van der Waals surface area contributed by atoms with Crippen LogP contribution in [0.3, 0.4) is 0 Å². The first-order valence-electron chi connectivity index (χ1n) is 6.45. The van der Waals surface area contributed by atoms with Gasteiger partial charge in [-0.05, 0) is 22.7 Å². The quantitative estimate of drug-likeness (QED) is 0.751. The van der Waals surface area contributed by atoms with Gasteiger partial charge in [0, 0.05) is 14.1 Å². The number of rotatable bonds is 2. The molecule has 3 rings (SSSR count). The molecule has 0 N–H and O–H groups in total. The van der Waals surface area contributed by atoms with Crippen LogP contribution >= 0.6 is 0 Å². The molecule has 1 atom stereocenters. The van der Waals surface area contributed by atoms with E-state index in [0.29, 0.717) is 12.4 Å². The summed E-state index contributed by atoms with van der Waals surface area (Å²) >= 11 is 0. The van der Waals surface area contributed by atoms with E-state index in [2.05, 4.69) is 4.99 Å². The van der Waals surface area contributed by atoms with Gasteiger partial charge in [-0.1, -0.05) is 12.1 Å². The van der Waals surface area contributed by atoms with E-state index in [9.17, 15) is 14.0 Å². The molecule has 0 radical (unpaired) electrons. The van der Waals surface area contributed by atoms with Crippen molar-refractivity contribution in [3.63, 3.8) is 0 Å². The Morgan fingerprint density at radius 3 is 2.52 bits per heavy atom. The van der Waals surface area contributed by atoms with Crippen LogP contribution in [-0.4, -0.2) is 58.6 Å². The Morgan fingerprint density at radius 1 is 1.19 bits per heavy atom. The predicted octanol–water partition coefficient (Wildman–Crippen LogP) is 0.671. The number of amidine groups is 1. The number of fused-ring (bicyclic) bond motifs is 1. The van der Waals surface area contributed by atoms with Crippen LogP contribution in [0.25, 0.3) is 0 Å². The van der Waals surface area contributed by atoms with Crippen LogP contribution in [0.2, 0.25) is 0 Å². The van der Waals surface area contributed by atoms with Crippen molar-refractivity contribution in [2.24, 2.45) is 4.99 Å². The van der Waals surface area contributed by atoms with Crippen LogP contribution in [0.5, 0.6) is 0 Å². The highest BCUT2D eigenvalue weighted by Gasteiger charge is 2.50. The summed E-state index contributed by atoms with van der Waals surface area (Å²) in [6.07, 6.45) is 1.55. The first kappa shape index (κ1) is 13.4. The van der Waals surface area contributed by atoms with E-state index in [1.165, 1.54) is 24.1 Å². The van der Waals surface area contributed by atoms with Gasteiger partial charge < -0.3 is 0 Å². The highest BCUT2D eigenvalue weighted by molar-refractivity contribution is 6.21. The number of likely N-dealkylation sites (N-methyl/N-ethyl adjacent to an activating group) is 2. The normalized spacial score (nSPS) is 21.4. The van der Waals surface area contributed by atoms with Crippen molar-refractivity contribution in [1.82, 2.24) is 9.80 Å². The second-order valence-electron chi connectivity index (χ2n) is 5.04. The van der Waals surface area contributed by atoms with E-state index in [0.717, 1.165) is 10.5 Å². The van der Waals surface area contributed by atoms with Crippen molar-refractivity contribution in [1.29, 1.82) is 0 Å². The van der Waals surface area contributed by atoms with E-state index in [4.69, 9.17) is 0 Å². The molecule has 6 nitrogen and oxygen atoms in total. The number of benzene rings is 1. The summed E-state index contributed by atoms with van der Waals surface area (Å²) < 4.78 is 14.7. The number of aliphatic imine (C=N–C) groups is 1. The Morgan fingerprint density at radius 2 is 1.86 bits per heavy atom. The Bertz CT molecular complexity index is 681. The van der Waals surface area contributed by atoms with Crippen LogP contribution in [0.1, 0.15) is 5.56 Å². The minimum Gasteiger partial charge on any atom is -0.269 e. The molecule has 1 saturated heterocycles. The first-order chi connectivity index (χ1) is 9.99.